The largest absolute Gasteiger partial charge is 0.392 e. The van der Waals surface area contributed by atoms with Gasteiger partial charge >= 0.3 is 0 Å². The second kappa shape index (κ2) is 6.61. The summed E-state index contributed by atoms with van der Waals surface area (Å²) in [7, 11) is 0. The summed E-state index contributed by atoms with van der Waals surface area (Å²) < 4.78 is 13.8. The first-order valence-electron chi connectivity index (χ1n) is 6.22. The van der Waals surface area contributed by atoms with E-state index < -0.39 is 0 Å². The van der Waals surface area contributed by atoms with Crippen molar-refractivity contribution in [2.45, 2.75) is 6.54 Å². The third-order valence-electron chi connectivity index (χ3n) is 3.27. The quantitative estimate of drug-likeness (QED) is 0.861. The van der Waals surface area contributed by atoms with Crippen molar-refractivity contribution < 1.29 is 4.39 Å². The molecule has 0 atom stereocenters. The lowest BCUT2D eigenvalue weighted by atomic mass is 10.2. The van der Waals surface area contributed by atoms with Crippen LogP contribution >= 0.6 is 23.8 Å². The average molecular weight is 302 g/mol. The highest BCUT2D eigenvalue weighted by Crippen LogP contribution is 2.19. The smallest absolute Gasteiger partial charge is 0.146 e. The summed E-state index contributed by atoms with van der Waals surface area (Å²) in [6.07, 6.45) is 0. The third-order valence-corrected chi connectivity index (χ3v) is 3.69. The molecule has 19 heavy (non-hydrogen) atoms. The van der Waals surface area contributed by atoms with Crippen LogP contribution in [0.3, 0.4) is 0 Å². The lowest BCUT2D eigenvalue weighted by molar-refractivity contribution is 0.139. The molecule has 0 spiro atoms. The lowest BCUT2D eigenvalue weighted by Gasteiger charge is -2.34. The predicted molar refractivity (Wildman–Crippen MR) is 79.9 cm³/mol. The average Bonchev–Trinajstić information content (AvgIpc) is 2.37. The fourth-order valence-corrected chi connectivity index (χ4v) is 2.61. The first kappa shape index (κ1) is 14.7. The van der Waals surface area contributed by atoms with Gasteiger partial charge in [0, 0.05) is 44.8 Å². The summed E-state index contributed by atoms with van der Waals surface area (Å²) in [6.45, 7) is 4.82. The molecule has 104 valence electrons. The standard InChI is InChI=1S/C13H17ClFN3S/c14-11-3-1-2-10(13(11)15)8-17-4-6-18(7-5-17)9-12(16)19/h1-3H,4-9H2,(H2,16,19). The topological polar surface area (TPSA) is 32.5 Å². The van der Waals surface area contributed by atoms with Crippen molar-refractivity contribution in [3.63, 3.8) is 0 Å². The predicted octanol–water partition coefficient (Wildman–Crippen LogP) is 1.88. The molecule has 0 radical (unpaired) electrons. The van der Waals surface area contributed by atoms with Crippen LogP contribution in [0.15, 0.2) is 18.2 Å². The van der Waals surface area contributed by atoms with E-state index >= 15 is 0 Å². The maximum atomic E-state index is 13.8. The van der Waals surface area contributed by atoms with Gasteiger partial charge in [-0.25, -0.2) is 4.39 Å². The highest BCUT2D eigenvalue weighted by Gasteiger charge is 2.18. The molecule has 0 aromatic heterocycles. The zero-order chi connectivity index (χ0) is 13.8. The summed E-state index contributed by atoms with van der Waals surface area (Å²) in [6, 6.07) is 5.13. The Bertz CT molecular complexity index is 461. The van der Waals surface area contributed by atoms with E-state index in [9.17, 15) is 4.39 Å². The molecule has 0 amide bonds. The van der Waals surface area contributed by atoms with Crippen LogP contribution < -0.4 is 5.73 Å². The molecule has 1 aromatic carbocycles. The lowest BCUT2D eigenvalue weighted by Crippen LogP contribution is -2.48. The van der Waals surface area contributed by atoms with Gasteiger partial charge in [-0.05, 0) is 6.07 Å². The highest BCUT2D eigenvalue weighted by atomic mass is 35.5. The van der Waals surface area contributed by atoms with Gasteiger partial charge in [-0.3, -0.25) is 9.80 Å². The fourth-order valence-electron chi connectivity index (χ4n) is 2.24. The number of hydrogen-bond donors (Lipinski definition) is 1. The van der Waals surface area contributed by atoms with E-state index in [1.165, 1.54) is 0 Å². The van der Waals surface area contributed by atoms with E-state index in [0.717, 1.165) is 26.2 Å². The van der Waals surface area contributed by atoms with Gasteiger partial charge in [-0.15, -0.1) is 0 Å². The first-order chi connectivity index (χ1) is 9.06. The number of nitrogens with zero attached hydrogens (tertiary/aromatic N) is 2. The SMILES string of the molecule is NC(=S)CN1CCN(Cc2cccc(Cl)c2F)CC1. The van der Waals surface area contributed by atoms with Crippen LogP contribution in [0.5, 0.6) is 0 Å². The zero-order valence-electron chi connectivity index (χ0n) is 10.6. The Hall–Kier alpha value is -0.750. The minimum atomic E-state index is -0.310. The van der Waals surface area contributed by atoms with Crippen LogP contribution in [-0.4, -0.2) is 47.5 Å². The van der Waals surface area contributed by atoms with Crippen LogP contribution in [0, 0.1) is 5.82 Å². The minimum Gasteiger partial charge on any atom is -0.392 e. The normalized spacial score (nSPS) is 17.6. The number of nitrogens with two attached hydrogens (primary N) is 1. The number of hydrogen-bond acceptors (Lipinski definition) is 3. The molecule has 2 N–H and O–H groups in total. The summed E-state index contributed by atoms with van der Waals surface area (Å²) in [5.74, 6) is -0.310. The van der Waals surface area contributed by atoms with Crippen LogP contribution in [-0.2, 0) is 6.54 Å². The number of halogens is 2. The Morgan fingerprint density at radius 1 is 1.26 bits per heavy atom. The molecular weight excluding hydrogens is 285 g/mol. The molecule has 1 aliphatic rings. The molecule has 1 fully saturated rings. The first-order valence-corrected chi connectivity index (χ1v) is 7.01. The van der Waals surface area contributed by atoms with E-state index in [2.05, 4.69) is 9.80 Å². The molecule has 1 aliphatic heterocycles. The molecule has 1 heterocycles. The Morgan fingerprint density at radius 3 is 2.53 bits per heavy atom. The maximum Gasteiger partial charge on any atom is 0.146 e. The number of thiocarbonyl (C=S) groups is 1. The summed E-state index contributed by atoms with van der Waals surface area (Å²) in [5, 5.41) is 0.185. The summed E-state index contributed by atoms with van der Waals surface area (Å²) in [5.41, 5.74) is 6.18. The Labute approximate surface area is 123 Å². The maximum absolute atomic E-state index is 13.8. The van der Waals surface area contributed by atoms with Gasteiger partial charge in [0.15, 0.2) is 0 Å². The van der Waals surface area contributed by atoms with Gasteiger partial charge < -0.3 is 5.73 Å². The van der Waals surface area contributed by atoms with Crippen molar-refractivity contribution in [2.24, 2.45) is 5.73 Å². The molecule has 1 saturated heterocycles. The van der Waals surface area contributed by atoms with E-state index in [0.29, 0.717) is 23.6 Å². The molecule has 1 aromatic rings. The number of benzene rings is 1. The molecule has 6 heteroatoms. The van der Waals surface area contributed by atoms with Crippen molar-refractivity contribution in [1.82, 2.24) is 9.80 Å². The highest BCUT2D eigenvalue weighted by molar-refractivity contribution is 7.80. The van der Waals surface area contributed by atoms with Crippen LogP contribution in [0.1, 0.15) is 5.56 Å². The molecule has 0 aliphatic carbocycles. The van der Waals surface area contributed by atoms with Crippen molar-refractivity contribution >= 4 is 28.8 Å². The fraction of sp³-hybridized carbons (Fsp3) is 0.462. The van der Waals surface area contributed by atoms with Gasteiger partial charge in [-0.2, -0.15) is 0 Å². The van der Waals surface area contributed by atoms with Crippen molar-refractivity contribution in [3.05, 3.63) is 34.6 Å². The van der Waals surface area contributed by atoms with Crippen molar-refractivity contribution in [3.8, 4) is 0 Å². The van der Waals surface area contributed by atoms with Gasteiger partial charge in [0.05, 0.1) is 10.0 Å². The van der Waals surface area contributed by atoms with Gasteiger partial charge in [0.25, 0.3) is 0 Å². The molecule has 0 saturated carbocycles. The number of rotatable bonds is 4. The van der Waals surface area contributed by atoms with E-state index in [1.807, 2.05) is 0 Å². The van der Waals surface area contributed by atoms with E-state index in [-0.39, 0.29) is 10.8 Å². The van der Waals surface area contributed by atoms with Crippen molar-refractivity contribution in [2.75, 3.05) is 32.7 Å². The zero-order valence-corrected chi connectivity index (χ0v) is 12.2. The van der Waals surface area contributed by atoms with Gasteiger partial charge in [0.1, 0.15) is 5.82 Å². The monoisotopic (exact) mass is 301 g/mol. The Morgan fingerprint density at radius 2 is 1.89 bits per heavy atom. The Kier molecular flexibility index (Phi) is 5.10. The molecule has 0 unspecified atom stereocenters. The van der Waals surface area contributed by atoms with Crippen LogP contribution in [0.25, 0.3) is 0 Å². The second-order valence-corrected chi connectivity index (χ2v) is 5.66. The molecular formula is C13H17ClFN3S. The third kappa shape index (κ3) is 4.11. The number of piperazine rings is 1. The van der Waals surface area contributed by atoms with Crippen LogP contribution in [0.2, 0.25) is 5.02 Å². The molecule has 3 nitrogen and oxygen atoms in total. The summed E-state index contributed by atoms with van der Waals surface area (Å²) >= 11 is 10.7. The Balaban J connectivity index is 1.89. The van der Waals surface area contributed by atoms with Gasteiger partial charge in [0.2, 0.25) is 0 Å². The summed E-state index contributed by atoms with van der Waals surface area (Å²) in [4.78, 5) is 4.95. The van der Waals surface area contributed by atoms with E-state index in [1.54, 1.807) is 18.2 Å². The second-order valence-electron chi connectivity index (χ2n) is 4.73. The molecule has 0 bridgehead atoms. The minimum absolute atomic E-state index is 0.185. The van der Waals surface area contributed by atoms with Gasteiger partial charge in [-0.1, -0.05) is 36.0 Å². The van der Waals surface area contributed by atoms with Crippen LogP contribution in [0.4, 0.5) is 4.39 Å². The van der Waals surface area contributed by atoms with E-state index in [4.69, 9.17) is 29.6 Å². The van der Waals surface area contributed by atoms with Crippen molar-refractivity contribution in [1.29, 1.82) is 0 Å². The molecule has 2 rings (SSSR count).